The molecule has 2 rings (SSSR count). The summed E-state index contributed by atoms with van der Waals surface area (Å²) in [6, 6.07) is 7.66. The number of piperidine rings is 1. The van der Waals surface area contributed by atoms with E-state index in [1.807, 2.05) is 31.2 Å². The third-order valence-electron chi connectivity index (χ3n) is 3.38. The lowest BCUT2D eigenvalue weighted by Gasteiger charge is -2.34. The third-order valence-corrected chi connectivity index (χ3v) is 3.38. The highest BCUT2D eigenvalue weighted by atomic mass is 16.5. The van der Waals surface area contributed by atoms with Gasteiger partial charge in [-0.1, -0.05) is 12.1 Å². The molecule has 1 saturated heterocycles. The Balaban J connectivity index is 2.04. The molecule has 1 unspecified atom stereocenters. The molecule has 2 N–H and O–H groups in total. The van der Waals surface area contributed by atoms with Crippen molar-refractivity contribution >= 4 is 5.97 Å². The first-order valence-corrected chi connectivity index (χ1v) is 6.30. The summed E-state index contributed by atoms with van der Waals surface area (Å²) < 4.78 is 5.65. The number of benzene rings is 1. The minimum atomic E-state index is -0.929. The van der Waals surface area contributed by atoms with Crippen LogP contribution in [-0.4, -0.2) is 29.8 Å². The number of carboxylic acids is 1. The largest absolute Gasteiger partial charge is 0.491 e. The molecule has 4 nitrogen and oxygen atoms in total. The van der Waals surface area contributed by atoms with E-state index in [1.54, 1.807) is 0 Å². The number of hydrogen-bond donors (Lipinski definition) is 2. The first-order valence-electron chi connectivity index (χ1n) is 6.30. The SMILES string of the molecule is Cc1cccc(OCC2(C(=O)O)CCCCN2)c1. The van der Waals surface area contributed by atoms with Crippen molar-refractivity contribution in [3.63, 3.8) is 0 Å². The van der Waals surface area contributed by atoms with Crippen LogP contribution < -0.4 is 10.1 Å². The Bertz CT molecular complexity index is 425. The molecule has 4 heteroatoms. The quantitative estimate of drug-likeness (QED) is 0.856. The molecular formula is C14H19NO3. The van der Waals surface area contributed by atoms with Gasteiger partial charge in [0.25, 0.3) is 0 Å². The molecule has 1 atom stereocenters. The van der Waals surface area contributed by atoms with E-state index < -0.39 is 11.5 Å². The molecule has 98 valence electrons. The van der Waals surface area contributed by atoms with Crippen LogP contribution in [0.3, 0.4) is 0 Å². The minimum absolute atomic E-state index is 0.172. The number of ether oxygens (including phenoxy) is 1. The number of carbonyl (C=O) groups is 1. The topological polar surface area (TPSA) is 58.6 Å². The molecule has 1 aliphatic heterocycles. The Morgan fingerprint density at radius 2 is 2.33 bits per heavy atom. The van der Waals surface area contributed by atoms with E-state index in [9.17, 15) is 9.90 Å². The number of rotatable bonds is 4. The Morgan fingerprint density at radius 1 is 1.50 bits per heavy atom. The number of carboxylic acid groups (broad SMARTS) is 1. The molecule has 1 fully saturated rings. The van der Waals surface area contributed by atoms with E-state index in [1.165, 1.54) is 0 Å². The van der Waals surface area contributed by atoms with E-state index in [-0.39, 0.29) is 6.61 Å². The van der Waals surface area contributed by atoms with Gasteiger partial charge in [0, 0.05) is 0 Å². The smallest absolute Gasteiger partial charge is 0.327 e. The second-order valence-electron chi connectivity index (χ2n) is 4.88. The average Bonchev–Trinajstić information content (AvgIpc) is 2.37. The normalized spacial score (nSPS) is 23.6. The maximum atomic E-state index is 11.4. The summed E-state index contributed by atoms with van der Waals surface area (Å²) >= 11 is 0. The zero-order valence-corrected chi connectivity index (χ0v) is 10.6. The van der Waals surface area contributed by atoms with Crippen molar-refractivity contribution in [2.75, 3.05) is 13.2 Å². The summed E-state index contributed by atoms with van der Waals surface area (Å²) in [5, 5.41) is 12.5. The van der Waals surface area contributed by atoms with Gasteiger partial charge in [0.1, 0.15) is 12.4 Å². The van der Waals surface area contributed by atoms with Crippen LogP contribution in [0.15, 0.2) is 24.3 Å². The van der Waals surface area contributed by atoms with Gasteiger partial charge in [0.2, 0.25) is 0 Å². The second kappa shape index (κ2) is 5.40. The number of hydrogen-bond acceptors (Lipinski definition) is 3. The lowest BCUT2D eigenvalue weighted by Crippen LogP contribution is -2.58. The lowest BCUT2D eigenvalue weighted by atomic mass is 9.90. The zero-order valence-electron chi connectivity index (χ0n) is 10.6. The van der Waals surface area contributed by atoms with E-state index in [4.69, 9.17) is 4.74 Å². The molecule has 1 heterocycles. The second-order valence-corrected chi connectivity index (χ2v) is 4.88. The van der Waals surface area contributed by atoms with Gasteiger partial charge in [0.15, 0.2) is 5.54 Å². The highest BCUT2D eigenvalue weighted by molar-refractivity contribution is 5.79. The molecule has 0 bridgehead atoms. The highest BCUT2D eigenvalue weighted by Crippen LogP contribution is 2.22. The van der Waals surface area contributed by atoms with E-state index >= 15 is 0 Å². The molecule has 1 aromatic carbocycles. The highest BCUT2D eigenvalue weighted by Gasteiger charge is 2.40. The summed E-state index contributed by atoms with van der Waals surface area (Å²) in [6.07, 6.45) is 2.57. The van der Waals surface area contributed by atoms with Gasteiger partial charge in [-0.05, 0) is 50.4 Å². The van der Waals surface area contributed by atoms with Crippen LogP contribution in [0.1, 0.15) is 24.8 Å². The number of aliphatic carboxylic acids is 1. The van der Waals surface area contributed by atoms with Gasteiger partial charge in [-0.3, -0.25) is 10.1 Å². The van der Waals surface area contributed by atoms with Crippen molar-refractivity contribution in [1.82, 2.24) is 5.32 Å². The predicted octanol–water partition coefficient (Wildman–Crippen LogP) is 1.97. The molecule has 0 aliphatic carbocycles. The Kier molecular flexibility index (Phi) is 3.87. The fraction of sp³-hybridized carbons (Fsp3) is 0.500. The number of nitrogens with one attached hydrogen (secondary N) is 1. The molecule has 18 heavy (non-hydrogen) atoms. The van der Waals surface area contributed by atoms with Crippen molar-refractivity contribution in [3.8, 4) is 5.75 Å². The molecular weight excluding hydrogens is 230 g/mol. The first-order chi connectivity index (χ1) is 8.62. The lowest BCUT2D eigenvalue weighted by molar-refractivity contribution is -0.147. The van der Waals surface area contributed by atoms with Crippen LogP contribution >= 0.6 is 0 Å². The van der Waals surface area contributed by atoms with Crippen molar-refractivity contribution in [2.45, 2.75) is 31.7 Å². The molecule has 0 aromatic heterocycles. The molecule has 0 saturated carbocycles. The molecule has 1 aromatic rings. The van der Waals surface area contributed by atoms with E-state index in [0.717, 1.165) is 30.7 Å². The zero-order chi connectivity index (χ0) is 13.0. The molecule has 0 amide bonds. The minimum Gasteiger partial charge on any atom is -0.491 e. The van der Waals surface area contributed by atoms with Crippen molar-refractivity contribution in [2.24, 2.45) is 0 Å². The third kappa shape index (κ3) is 2.82. The monoisotopic (exact) mass is 249 g/mol. The van der Waals surface area contributed by atoms with Crippen LogP contribution in [0.25, 0.3) is 0 Å². The summed E-state index contributed by atoms with van der Waals surface area (Å²) in [5.74, 6) is -0.0992. The molecule has 0 radical (unpaired) electrons. The summed E-state index contributed by atoms with van der Waals surface area (Å²) in [6.45, 7) is 2.90. The summed E-state index contributed by atoms with van der Waals surface area (Å²) in [7, 11) is 0. The van der Waals surface area contributed by atoms with Gasteiger partial charge >= 0.3 is 5.97 Å². The fourth-order valence-electron chi connectivity index (χ4n) is 2.25. The van der Waals surface area contributed by atoms with Crippen molar-refractivity contribution in [3.05, 3.63) is 29.8 Å². The van der Waals surface area contributed by atoms with Crippen molar-refractivity contribution < 1.29 is 14.6 Å². The average molecular weight is 249 g/mol. The molecule has 1 aliphatic rings. The van der Waals surface area contributed by atoms with Crippen LogP contribution in [0.5, 0.6) is 5.75 Å². The number of aryl methyl sites for hydroxylation is 1. The first kappa shape index (κ1) is 12.9. The van der Waals surface area contributed by atoms with Gasteiger partial charge in [0.05, 0.1) is 0 Å². The standard InChI is InChI=1S/C14H19NO3/c1-11-5-4-6-12(9-11)18-10-14(13(16)17)7-2-3-8-15-14/h4-6,9,15H,2-3,7-8,10H2,1H3,(H,16,17). The summed E-state index contributed by atoms with van der Waals surface area (Å²) in [4.78, 5) is 11.4. The van der Waals surface area contributed by atoms with E-state index in [0.29, 0.717) is 6.42 Å². The van der Waals surface area contributed by atoms with Crippen LogP contribution in [0.4, 0.5) is 0 Å². The van der Waals surface area contributed by atoms with Crippen molar-refractivity contribution in [1.29, 1.82) is 0 Å². The van der Waals surface area contributed by atoms with Crippen LogP contribution in [0.2, 0.25) is 0 Å². The summed E-state index contributed by atoms with van der Waals surface area (Å²) in [5.41, 5.74) is 0.176. The fourth-order valence-corrected chi connectivity index (χ4v) is 2.25. The van der Waals surface area contributed by atoms with Gasteiger partial charge in [-0.25, -0.2) is 0 Å². The van der Waals surface area contributed by atoms with Gasteiger partial charge in [-0.15, -0.1) is 0 Å². The van der Waals surface area contributed by atoms with Crippen LogP contribution in [-0.2, 0) is 4.79 Å². The van der Waals surface area contributed by atoms with E-state index in [2.05, 4.69) is 5.32 Å². The Morgan fingerprint density at radius 3 is 2.94 bits per heavy atom. The predicted molar refractivity (Wildman–Crippen MR) is 68.9 cm³/mol. The Labute approximate surface area is 107 Å². The van der Waals surface area contributed by atoms with Gasteiger partial charge < -0.3 is 9.84 Å². The Hall–Kier alpha value is -1.55. The maximum absolute atomic E-state index is 11.4. The van der Waals surface area contributed by atoms with Crippen LogP contribution in [0, 0.1) is 6.92 Å². The molecule has 0 spiro atoms. The maximum Gasteiger partial charge on any atom is 0.327 e. The van der Waals surface area contributed by atoms with Gasteiger partial charge in [-0.2, -0.15) is 0 Å².